The molecule has 1 aromatic heterocycles. The van der Waals surface area contributed by atoms with Crippen molar-refractivity contribution < 1.29 is 9.90 Å². The summed E-state index contributed by atoms with van der Waals surface area (Å²) in [6.07, 6.45) is 1.89. The zero-order valence-electron chi connectivity index (χ0n) is 8.20. The second kappa shape index (κ2) is 4.70. The van der Waals surface area contributed by atoms with Gasteiger partial charge in [-0.3, -0.25) is 9.48 Å². The molecule has 1 rings (SSSR count). The van der Waals surface area contributed by atoms with Gasteiger partial charge in [0.2, 0.25) is 5.78 Å². The molecule has 5 heteroatoms. The van der Waals surface area contributed by atoms with Gasteiger partial charge in [0, 0.05) is 7.05 Å². The Morgan fingerprint density at radius 1 is 1.79 bits per heavy atom. The quantitative estimate of drug-likeness (QED) is 0.836. The number of carbonyl (C=O) groups excluding carboxylic acids is 1. The number of rotatable bonds is 4. The van der Waals surface area contributed by atoms with E-state index in [9.17, 15) is 9.90 Å². The summed E-state index contributed by atoms with van der Waals surface area (Å²) in [6, 6.07) is 0. The fourth-order valence-electron chi connectivity index (χ4n) is 1.25. The molecule has 14 heavy (non-hydrogen) atoms. The first-order chi connectivity index (χ1) is 6.57. The Morgan fingerprint density at radius 3 is 2.86 bits per heavy atom. The summed E-state index contributed by atoms with van der Waals surface area (Å²) in [5.41, 5.74) is 0.422. The summed E-state index contributed by atoms with van der Waals surface area (Å²) >= 11 is 3.22. The minimum absolute atomic E-state index is 0.279. The van der Waals surface area contributed by atoms with Crippen LogP contribution < -0.4 is 0 Å². The predicted octanol–water partition coefficient (Wildman–Crippen LogP) is 1.53. The molecule has 0 aromatic carbocycles. The van der Waals surface area contributed by atoms with Crippen LogP contribution in [0.2, 0.25) is 0 Å². The first kappa shape index (κ1) is 11.4. The van der Waals surface area contributed by atoms with Crippen LogP contribution in [-0.4, -0.2) is 26.8 Å². The van der Waals surface area contributed by atoms with Gasteiger partial charge >= 0.3 is 0 Å². The van der Waals surface area contributed by atoms with Crippen LogP contribution >= 0.6 is 15.9 Å². The second-order valence-corrected chi connectivity index (χ2v) is 3.99. The lowest BCUT2D eigenvalue weighted by Crippen LogP contribution is -2.23. The Hall–Kier alpha value is -0.680. The molecule has 0 aliphatic carbocycles. The molecule has 0 saturated heterocycles. The van der Waals surface area contributed by atoms with E-state index < -0.39 is 6.10 Å². The van der Waals surface area contributed by atoms with Gasteiger partial charge in [-0.2, -0.15) is 5.10 Å². The summed E-state index contributed by atoms with van der Waals surface area (Å²) in [6.45, 7) is 1.93. The molecule has 1 aromatic rings. The van der Waals surface area contributed by atoms with E-state index in [-0.39, 0.29) is 5.78 Å². The molecule has 0 bridgehead atoms. The number of ketones is 1. The monoisotopic (exact) mass is 260 g/mol. The fourth-order valence-corrected chi connectivity index (χ4v) is 1.79. The van der Waals surface area contributed by atoms with Crippen LogP contribution in [0.5, 0.6) is 0 Å². The van der Waals surface area contributed by atoms with Gasteiger partial charge < -0.3 is 5.11 Å². The largest absolute Gasteiger partial charge is 0.385 e. The highest BCUT2D eigenvalue weighted by molar-refractivity contribution is 9.10. The van der Waals surface area contributed by atoms with Crippen LogP contribution in [0.3, 0.4) is 0 Å². The lowest BCUT2D eigenvalue weighted by molar-refractivity contribution is 0.0718. The molecule has 0 fully saturated rings. The average molecular weight is 261 g/mol. The van der Waals surface area contributed by atoms with E-state index in [2.05, 4.69) is 21.0 Å². The lowest BCUT2D eigenvalue weighted by Gasteiger charge is -2.08. The zero-order valence-corrected chi connectivity index (χ0v) is 9.78. The molecule has 78 valence electrons. The van der Waals surface area contributed by atoms with E-state index in [0.717, 1.165) is 6.42 Å². The first-order valence-corrected chi connectivity index (χ1v) is 5.27. The summed E-state index contributed by atoms with van der Waals surface area (Å²) < 4.78 is 2.09. The number of nitrogens with zero attached hydrogens (tertiary/aromatic N) is 2. The van der Waals surface area contributed by atoms with Gasteiger partial charge in [0.15, 0.2) is 0 Å². The molecule has 0 aliphatic rings. The molecule has 0 aliphatic heterocycles. The van der Waals surface area contributed by atoms with E-state index >= 15 is 0 Å². The first-order valence-electron chi connectivity index (χ1n) is 4.47. The van der Waals surface area contributed by atoms with E-state index in [1.54, 1.807) is 13.2 Å². The van der Waals surface area contributed by atoms with Crippen molar-refractivity contribution in [3.05, 3.63) is 16.4 Å². The molecule has 0 spiro atoms. The molecule has 1 N–H and O–H groups in total. The highest BCUT2D eigenvalue weighted by Gasteiger charge is 2.22. The third-order valence-corrected chi connectivity index (χ3v) is 2.57. The molecule has 1 atom stereocenters. The van der Waals surface area contributed by atoms with Gasteiger partial charge in [-0.25, -0.2) is 0 Å². The van der Waals surface area contributed by atoms with Crippen molar-refractivity contribution in [3.63, 3.8) is 0 Å². The molecule has 0 saturated carbocycles. The van der Waals surface area contributed by atoms with Gasteiger partial charge in [0.1, 0.15) is 11.8 Å². The van der Waals surface area contributed by atoms with E-state index in [1.807, 2.05) is 6.92 Å². The SMILES string of the molecule is CCCC(O)C(=O)c1c(Br)cnn1C. The minimum Gasteiger partial charge on any atom is -0.385 e. The molecule has 0 amide bonds. The number of aryl methyl sites for hydroxylation is 1. The van der Waals surface area contributed by atoms with Crippen molar-refractivity contribution in [2.75, 3.05) is 0 Å². The summed E-state index contributed by atoms with van der Waals surface area (Å²) in [5, 5.41) is 13.4. The Bertz CT molecular complexity index is 316. The Labute approximate surface area is 91.1 Å². The highest BCUT2D eigenvalue weighted by Crippen LogP contribution is 2.17. The summed E-state index contributed by atoms with van der Waals surface area (Å²) in [5.74, 6) is -0.279. The average Bonchev–Trinajstić information content (AvgIpc) is 2.46. The number of Topliss-reactive ketones (excluding diaryl/α,β-unsaturated/α-hetero) is 1. The maximum Gasteiger partial charge on any atom is 0.210 e. The summed E-state index contributed by atoms with van der Waals surface area (Å²) in [4.78, 5) is 11.7. The van der Waals surface area contributed by atoms with Gasteiger partial charge in [-0.15, -0.1) is 0 Å². The smallest absolute Gasteiger partial charge is 0.210 e. The topological polar surface area (TPSA) is 55.1 Å². The number of aliphatic hydroxyl groups is 1. The number of hydrogen-bond donors (Lipinski definition) is 1. The van der Waals surface area contributed by atoms with E-state index in [1.165, 1.54) is 4.68 Å². The number of aliphatic hydroxyl groups excluding tert-OH is 1. The number of carbonyl (C=O) groups is 1. The van der Waals surface area contributed by atoms with Crippen molar-refractivity contribution in [1.82, 2.24) is 9.78 Å². The van der Waals surface area contributed by atoms with Crippen molar-refractivity contribution in [2.24, 2.45) is 7.05 Å². The molecular formula is C9H13BrN2O2. The van der Waals surface area contributed by atoms with Crippen LogP contribution in [0.25, 0.3) is 0 Å². The van der Waals surface area contributed by atoms with Gasteiger partial charge in [-0.05, 0) is 22.4 Å². The number of aromatic nitrogens is 2. The van der Waals surface area contributed by atoms with Crippen molar-refractivity contribution >= 4 is 21.7 Å². The van der Waals surface area contributed by atoms with Crippen molar-refractivity contribution in [1.29, 1.82) is 0 Å². The molecule has 0 radical (unpaired) electrons. The summed E-state index contributed by atoms with van der Waals surface area (Å²) in [7, 11) is 1.68. The normalized spacial score (nSPS) is 12.9. The Balaban J connectivity index is 2.88. The fraction of sp³-hybridized carbons (Fsp3) is 0.556. The van der Waals surface area contributed by atoms with Crippen LogP contribution in [0.1, 0.15) is 30.3 Å². The lowest BCUT2D eigenvalue weighted by atomic mass is 10.1. The van der Waals surface area contributed by atoms with Crippen molar-refractivity contribution in [3.8, 4) is 0 Å². The standard InChI is InChI=1S/C9H13BrN2O2/c1-3-4-7(13)9(14)8-6(10)5-11-12(8)2/h5,7,13H,3-4H2,1-2H3. The van der Waals surface area contributed by atoms with Crippen LogP contribution in [0.15, 0.2) is 10.7 Å². The predicted molar refractivity (Wildman–Crippen MR) is 56.2 cm³/mol. The second-order valence-electron chi connectivity index (χ2n) is 3.13. The molecule has 4 nitrogen and oxygen atoms in total. The van der Waals surface area contributed by atoms with Crippen LogP contribution in [-0.2, 0) is 7.05 Å². The highest BCUT2D eigenvalue weighted by atomic mass is 79.9. The van der Waals surface area contributed by atoms with Crippen molar-refractivity contribution in [2.45, 2.75) is 25.9 Å². The molecule has 1 unspecified atom stereocenters. The number of halogens is 1. The van der Waals surface area contributed by atoms with Gasteiger partial charge in [0.25, 0.3) is 0 Å². The third-order valence-electron chi connectivity index (χ3n) is 1.99. The maximum absolute atomic E-state index is 11.7. The number of hydrogen-bond acceptors (Lipinski definition) is 3. The maximum atomic E-state index is 11.7. The van der Waals surface area contributed by atoms with E-state index in [0.29, 0.717) is 16.6 Å². The van der Waals surface area contributed by atoms with Gasteiger partial charge in [0.05, 0.1) is 10.7 Å². The van der Waals surface area contributed by atoms with Gasteiger partial charge in [-0.1, -0.05) is 13.3 Å². The Kier molecular flexibility index (Phi) is 3.83. The zero-order chi connectivity index (χ0) is 10.7. The minimum atomic E-state index is -0.924. The molecular weight excluding hydrogens is 248 g/mol. The molecule has 1 heterocycles. The Morgan fingerprint density at radius 2 is 2.43 bits per heavy atom. The van der Waals surface area contributed by atoms with Crippen LogP contribution in [0, 0.1) is 0 Å². The van der Waals surface area contributed by atoms with E-state index in [4.69, 9.17) is 0 Å². The van der Waals surface area contributed by atoms with Crippen LogP contribution in [0.4, 0.5) is 0 Å². The third kappa shape index (κ3) is 2.22.